The number of carbonyl (C=O) groups excluding carboxylic acids is 1. The zero-order valence-corrected chi connectivity index (χ0v) is 7.19. The third kappa shape index (κ3) is 2.88. The van der Waals surface area contributed by atoms with E-state index in [1.807, 2.05) is 0 Å². The Morgan fingerprint density at radius 2 is 2.62 bits per heavy atom. The van der Waals surface area contributed by atoms with Gasteiger partial charge in [0, 0.05) is 6.08 Å². The lowest BCUT2D eigenvalue weighted by Gasteiger charge is -1.94. The second-order valence-corrected chi connectivity index (χ2v) is 2.26. The number of nitrogens with one attached hydrogen (secondary N) is 1. The van der Waals surface area contributed by atoms with Crippen LogP contribution < -0.4 is 5.32 Å². The normalized spacial score (nSPS) is 9.00. The van der Waals surface area contributed by atoms with Crippen LogP contribution in [-0.2, 0) is 18.4 Å². The van der Waals surface area contributed by atoms with Crippen LogP contribution >= 0.6 is 0 Å². The van der Waals surface area contributed by atoms with Gasteiger partial charge in [0.05, 0.1) is 13.6 Å². The monoisotopic (exact) mass is 179 g/mol. The van der Waals surface area contributed by atoms with E-state index in [1.165, 1.54) is 10.9 Å². The number of tetrazole rings is 1. The topological polar surface area (TPSA) is 72.7 Å². The van der Waals surface area contributed by atoms with Gasteiger partial charge in [-0.05, 0) is 5.21 Å². The molecule has 6 nitrogen and oxygen atoms in total. The summed E-state index contributed by atoms with van der Waals surface area (Å²) in [6.45, 7) is 3.53. The summed E-state index contributed by atoms with van der Waals surface area (Å²) in [6.07, 6.45) is 1.20. The molecule has 1 aromatic heterocycles. The van der Waals surface area contributed by atoms with Crippen LogP contribution in [0.15, 0.2) is 18.4 Å². The molecule has 0 bridgehead atoms. The fourth-order valence-corrected chi connectivity index (χ4v) is 0.704. The molecule has 0 aliphatic rings. The van der Waals surface area contributed by atoms with E-state index in [-0.39, 0.29) is 12.5 Å². The number of carbonyl (C=O) groups is 1. The SMILES string of the molecule is C=C=CC(=O)NCc1nnn(C)n1. The highest BCUT2D eigenvalue weighted by Crippen LogP contribution is 1.83. The predicted octanol–water partition coefficient (Wildman–Crippen LogP) is -0.833. The lowest BCUT2D eigenvalue weighted by molar-refractivity contribution is -0.116. The van der Waals surface area contributed by atoms with Crippen molar-refractivity contribution in [2.75, 3.05) is 0 Å². The highest BCUT2D eigenvalue weighted by atomic mass is 16.1. The number of amides is 1. The lowest BCUT2D eigenvalue weighted by atomic mass is 10.5. The van der Waals surface area contributed by atoms with Gasteiger partial charge in [0.1, 0.15) is 0 Å². The van der Waals surface area contributed by atoms with E-state index < -0.39 is 0 Å². The maximum absolute atomic E-state index is 10.9. The molecule has 0 aliphatic carbocycles. The van der Waals surface area contributed by atoms with Crippen LogP contribution in [-0.4, -0.2) is 26.1 Å². The predicted molar refractivity (Wildman–Crippen MR) is 44.4 cm³/mol. The Bertz CT molecular complexity index is 350. The number of aryl methyl sites for hydroxylation is 1. The number of hydrogen-bond acceptors (Lipinski definition) is 4. The van der Waals surface area contributed by atoms with Gasteiger partial charge < -0.3 is 5.32 Å². The molecule has 0 unspecified atom stereocenters. The van der Waals surface area contributed by atoms with Gasteiger partial charge in [-0.2, -0.15) is 4.80 Å². The summed E-state index contributed by atoms with van der Waals surface area (Å²) in [7, 11) is 1.65. The smallest absolute Gasteiger partial charge is 0.252 e. The molecule has 0 saturated carbocycles. The third-order valence-electron chi connectivity index (χ3n) is 1.20. The van der Waals surface area contributed by atoms with Crippen molar-refractivity contribution in [3.05, 3.63) is 24.2 Å². The van der Waals surface area contributed by atoms with Gasteiger partial charge in [-0.3, -0.25) is 4.79 Å². The van der Waals surface area contributed by atoms with E-state index in [4.69, 9.17) is 0 Å². The standard InChI is InChI=1S/C7H9N5O/c1-3-4-7(13)8-5-6-9-11-12(2)10-6/h4H,1,5H2,2H3,(H,8,13). The molecule has 68 valence electrons. The van der Waals surface area contributed by atoms with E-state index in [2.05, 4.69) is 33.0 Å². The maximum atomic E-state index is 10.9. The van der Waals surface area contributed by atoms with E-state index in [0.29, 0.717) is 5.82 Å². The first-order valence-electron chi connectivity index (χ1n) is 3.59. The van der Waals surface area contributed by atoms with Crippen LogP contribution in [0.25, 0.3) is 0 Å². The quantitative estimate of drug-likeness (QED) is 0.485. The van der Waals surface area contributed by atoms with Gasteiger partial charge in [0.2, 0.25) is 0 Å². The van der Waals surface area contributed by atoms with Gasteiger partial charge in [0.15, 0.2) is 5.82 Å². The van der Waals surface area contributed by atoms with Crippen LogP contribution in [0.2, 0.25) is 0 Å². The Balaban J connectivity index is 2.43. The van der Waals surface area contributed by atoms with Crippen LogP contribution in [0.3, 0.4) is 0 Å². The molecule has 1 N–H and O–H groups in total. The molecule has 0 radical (unpaired) electrons. The van der Waals surface area contributed by atoms with E-state index in [9.17, 15) is 4.79 Å². The van der Waals surface area contributed by atoms with Gasteiger partial charge in [0.25, 0.3) is 5.91 Å². The molecular formula is C7H9N5O. The van der Waals surface area contributed by atoms with Crippen LogP contribution in [0.4, 0.5) is 0 Å². The summed E-state index contributed by atoms with van der Waals surface area (Å²) in [6, 6.07) is 0. The zero-order chi connectivity index (χ0) is 9.68. The molecule has 0 fully saturated rings. The molecule has 0 aromatic carbocycles. The second-order valence-electron chi connectivity index (χ2n) is 2.26. The summed E-state index contributed by atoms with van der Waals surface area (Å²) >= 11 is 0. The van der Waals surface area contributed by atoms with Gasteiger partial charge in [-0.1, -0.05) is 6.58 Å². The minimum atomic E-state index is -0.276. The summed E-state index contributed by atoms with van der Waals surface area (Å²) in [5.41, 5.74) is 2.36. The first kappa shape index (κ1) is 9.15. The molecule has 1 heterocycles. The molecule has 0 spiro atoms. The Labute approximate surface area is 74.9 Å². The minimum Gasteiger partial charge on any atom is -0.345 e. The fraction of sp³-hybridized carbons (Fsp3) is 0.286. The molecule has 0 atom stereocenters. The number of rotatable bonds is 3. The van der Waals surface area contributed by atoms with Crippen LogP contribution in [0, 0.1) is 0 Å². The van der Waals surface area contributed by atoms with Crippen molar-refractivity contribution < 1.29 is 4.79 Å². The first-order chi connectivity index (χ1) is 6.22. The van der Waals surface area contributed by atoms with E-state index in [1.54, 1.807) is 7.05 Å². The second kappa shape index (κ2) is 4.18. The average molecular weight is 179 g/mol. The van der Waals surface area contributed by atoms with Crippen LogP contribution in [0.1, 0.15) is 5.82 Å². The largest absolute Gasteiger partial charge is 0.345 e. The molecule has 1 rings (SSSR count). The van der Waals surface area contributed by atoms with Crippen molar-refractivity contribution in [3.8, 4) is 0 Å². The highest BCUT2D eigenvalue weighted by Gasteiger charge is 2.00. The molecule has 0 saturated heterocycles. The van der Waals surface area contributed by atoms with Crippen LogP contribution in [0.5, 0.6) is 0 Å². The summed E-state index contributed by atoms with van der Waals surface area (Å²) in [4.78, 5) is 12.2. The Morgan fingerprint density at radius 1 is 1.85 bits per heavy atom. The summed E-state index contributed by atoms with van der Waals surface area (Å²) in [5.74, 6) is 0.191. The van der Waals surface area contributed by atoms with E-state index >= 15 is 0 Å². The molecular weight excluding hydrogens is 170 g/mol. The van der Waals surface area contributed by atoms with Crippen molar-refractivity contribution in [3.63, 3.8) is 0 Å². The minimum absolute atomic E-state index is 0.255. The summed E-state index contributed by atoms with van der Waals surface area (Å²) in [5, 5.41) is 13.7. The number of aromatic nitrogens is 4. The number of hydrogen-bond donors (Lipinski definition) is 1. The summed E-state index contributed by atoms with van der Waals surface area (Å²) < 4.78 is 0. The highest BCUT2D eigenvalue weighted by molar-refractivity contribution is 5.87. The van der Waals surface area contributed by atoms with Gasteiger partial charge in [-0.25, -0.2) is 0 Å². The van der Waals surface area contributed by atoms with Crippen molar-refractivity contribution in [2.24, 2.45) is 7.05 Å². The third-order valence-corrected chi connectivity index (χ3v) is 1.20. The van der Waals surface area contributed by atoms with Gasteiger partial charge >= 0.3 is 0 Å². The maximum Gasteiger partial charge on any atom is 0.252 e. The zero-order valence-electron chi connectivity index (χ0n) is 7.19. The molecule has 13 heavy (non-hydrogen) atoms. The Morgan fingerprint density at radius 3 is 3.15 bits per heavy atom. The average Bonchev–Trinajstić information content (AvgIpc) is 2.49. The lowest BCUT2D eigenvalue weighted by Crippen LogP contribution is -2.20. The molecule has 6 heteroatoms. The fourth-order valence-electron chi connectivity index (χ4n) is 0.704. The van der Waals surface area contributed by atoms with E-state index in [0.717, 1.165) is 0 Å². The van der Waals surface area contributed by atoms with Crippen molar-refractivity contribution >= 4 is 5.91 Å². The van der Waals surface area contributed by atoms with Crippen molar-refractivity contribution in [1.82, 2.24) is 25.5 Å². The molecule has 0 aliphatic heterocycles. The number of nitrogens with zero attached hydrogens (tertiary/aromatic N) is 4. The first-order valence-corrected chi connectivity index (χ1v) is 3.59. The Kier molecular flexibility index (Phi) is 2.94. The van der Waals surface area contributed by atoms with Gasteiger partial charge in [-0.15, -0.1) is 15.9 Å². The molecule has 1 amide bonds. The molecule has 1 aromatic rings. The van der Waals surface area contributed by atoms with Crippen molar-refractivity contribution in [2.45, 2.75) is 6.54 Å². The van der Waals surface area contributed by atoms with Crippen molar-refractivity contribution in [1.29, 1.82) is 0 Å². The Hall–Kier alpha value is -1.94.